The molecule has 1 N–H and O–H groups in total. The van der Waals surface area contributed by atoms with E-state index in [1.807, 2.05) is 6.20 Å². The maximum atomic E-state index is 4.59. The predicted octanol–water partition coefficient (Wildman–Crippen LogP) is 2.81. The highest BCUT2D eigenvalue weighted by atomic mass is 15.1. The summed E-state index contributed by atoms with van der Waals surface area (Å²) in [6, 6.07) is 4.90. The fraction of sp³-hybridized carbons (Fsp3) is 0.688. The van der Waals surface area contributed by atoms with Crippen molar-refractivity contribution in [2.24, 2.45) is 5.92 Å². The van der Waals surface area contributed by atoms with Crippen LogP contribution in [0.1, 0.15) is 44.9 Å². The van der Waals surface area contributed by atoms with E-state index in [1.54, 1.807) is 0 Å². The topological polar surface area (TPSA) is 28.2 Å². The summed E-state index contributed by atoms with van der Waals surface area (Å²) < 4.78 is 0. The molecule has 106 valence electrons. The van der Waals surface area contributed by atoms with Crippen LogP contribution < -0.4 is 5.32 Å². The molecule has 0 aliphatic carbocycles. The summed E-state index contributed by atoms with van der Waals surface area (Å²) in [4.78, 5) is 7.12. The molecule has 1 aliphatic heterocycles. The van der Waals surface area contributed by atoms with E-state index < -0.39 is 0 Å². The molecule has 0 aromatic carbocycles. The quantitative estimate of drug-likeness (QED) is 0.853. The minimum absolute atomic E-state index is 0.523. The van der Waals surface area contributed by atoms with Crippen LogP contribution in [0.3, 0.4) is 0 Å². The third-order valence-corrected chi connectivity index (χ3v) is 3.93. The van der Waals surface area contributed by atoms with Gasteiger partial charge in [0, 0.05) is 31.9 Å². The first-order valence-electron chi connectivity index (χ1n) is 7.57. The van der Waals surface area contributed by atoms with Gasteiger partial charge in [0.25, 0.3) is 0 Å². The van der Waals surface area contributed by atoms with Crippen molar-refractivity contribution in [1.82, 2.24) is 15.2 Å². The third kappa shape index (κ3) is 4.59. The molecule has 0 saturated carbocycles. The number of rotatable bonds is 6. The van der Waals surface area contributed by atoms with Crippen LogP contribution in [0.5, 0.6) is 0 Å². The summed E-state index contributed by atoms with van der Waals surface area (Å²) in [6.45, 7) is 11.0. The molecule has 0 spiro atoms. The Labute approximate surface area is 117 Å². The van der Waals surface area contributed by atoms with E-state index >= 15 is 0 Å². The lowest BCUT2D eigenvalue weighted by atomic mass is 10.1. The predicted molar refractivity (Wildman–Crippen MR) is 79.9 cm³/mol. The molecule has 0 radical (unpaired) electrons. The summed E-state index contributed by atoms with van der Waals surface area (Å²) in [5, 5.41) is 3.42. The van der Waals surface area contributed by atoms with Crippen LogP contribution >= 0.6 is 0 Å². The normalized spacial score (nSPS) is 20.3. The molecule has 1 aliphatic rings. The van der Waals surface area contributed by atoms with Gasteiger partial charge in [-0.3, -0.25) is 9.88 Å². The van der Waals surface area contributed by atoms with E-state index in [4.69, 9.17) is 0 Å². The second-order valence-electron chi connectivity index (χ2n) is 5.99. The van der Waals surface area contributed by atoms with E-state index in [-0.39, 0.29) is 0 Å². The SMILES string of the molecule is CCC1CCN(Cc2ccc(CNC(C)C)cn2)C1. The Balaban J connectivity index is 1.82. The fourth-order valence-corrected chi connectivity index (χ4v) is 2.59. The lowest BCUT2D eigenvalue weighted by Crippen LogP contribution is -2.22. The second kappa shape index (κ2) is 7.01. The van der Waals surface area contributed by atoms with Crippen molar-refractivity contribution in [2.75, 3.05) is 13.1 Å². The summed E-state index contributed by atoms with van der Waals surface area (Å²) in [6.07, 6.45) is 4.68. The van der Waals surface area contributed by atoms with Gasteiger partial charge in [-0.05, 0) is 30.5 Å². The van der Waals surface area contributed by atoms with Gasteiger partial charge in [-0.2, -0.15) is 0 Å². The highest BCUT2D eigenvalue weighted by molar-refractivity contribution is 5.14. The number of likely N-dealkylation sites (tertiary alicyclic amines) is 1. The number of nitrogens with one attached hydrogen (secondary N) is 1. The Morgan fingerprint density at radius 2 is 2.26 bits per heavy atom. The van der Waals surface area contributed by atoms with Crippen LogP contribution in [-0.2, 0) is 13.1 Å². The number of pyridine rings is 1. The number of nitrogens with zero attached hydrogens (tertiary/aromatic N) is 2. The van der Waals surface area contributed by atoms with Crippen LogP contribution in [-0.4, -0.2) is 29.0 Å². The van der Waals surface area contributed by atoms with Crippen molar-refractivity contribution in [3.05, 3.63) is 29.6 Å². The molecule has 1 unspecified atom stereocenters. The molecule has 2 rings (SSSR count). The first-order chi connectivity index (χ1) is 9.17. The van der Waals surface area contributed by atoms with Crippen LogP contribution in [0, 0.1) is 5.92 Å². The maximum Gasteiger partial charge on any atom is 0.0544 e. The standard InChI is InChI=1S/C16H27N3/c1-4-14-7-8-19(11-14)12-16-6-5-15(10-18-16)9-17-13(2)3/h5-6,10,13-14,17H,4,7-9,11-12H2,1-3H3. The minimum Gasteiger partial charge on any atom is -0.310 e. The largest absolute Gasteiger partial charge is 0.310 e. The summed E-state index contributed by atoms with van der Waals surface area (Å²) >= 11 is 0. The van der Waals surface area contributed by atoms with Gasteiger partial charge in [0.05, 0.1) is 5.69 Å². The van der Waals surface area contributed by atoms with Crippen LogP contribution in [0.4, 0.5) is 0 Å². The van der Waals surface area contributed by atoms with Crippen molar-refractivity contribution in [3.63, 3.8) is 0 Å². The Hall–Kier alpha value is -0.930. The van der Waals surface area contributed by atoms with Crippen molar-refractivity contribution in [2.45, 2.75) is 52.7 Å². The van der Waals surface area contributed by atoms with Gasteiger partial charge < -0.3 is 5.32 Å². The molecule has 1 aromatic heterocycles. The van der Waals surface area contributed by atoms with E-state index in [1.165, 1.54) is 37.2 Å². The van der Waals surface area contributed by atoms with E-state index in [9.17, 15) is 0 Å². The molecule has 19 heavy (non-hydrogen) atoms. The maximum absolute atomic E-state index is 4.59. The molecule has 0 bridgehead atoms. The number of aromatic nitrogens is 1. The van der Waals surface area contributed by atoms with Gasteiger partial charge in [-0.25, -0.2) is 0 Å². The first-order valence-corrected chi connectivity index (χ1v) is 7.57. The highest BCUT2D eigenvalue weighted by Gasteiger charge is 2.20. The van der Waals surface area contributed by atoms with E-state index in [2.05, 4.69) is 48.1 Å². The smallest absolute Gasteiger partial charge is 0.0544 e. The number of hydrogen-bond donors (Lipinski definition) is 1. The van der Waals surface area contributed by atoms with Crippen molar-refractivity contribution < 1.29 is 0 Å². The van der Waals surface area contributed by atoms with E-state index in [0.717, 1.165) is 19.0 Å². The zero-order valence-electron chi connectivity index (χ0n) is 12.5. The first kappa shape index (κ1) is 14.5. The van der Waals surface area contributed by atoms with Gasteiger partial charge in [-0.1, -0.05) is 33.3 Å². The zero-order chi connectivity index (χ0) is 13.7. The monoisotopic (exact) mass is 261 g/mol. The minimum atomic E-state index is 0.523. The van der Waals surface area contributed by atoms with Gasteiger partial charge in [0.1, 0.15) is 0 Å². The lowest BCUT2D eigenvalue weighted by molar-refractivity contribution is 0.311. The van der Waals surface area contributed by atoms with Gasteiger partial charge >= 0.3 is 0 Å². The molecule has 2 heterocycles. The molecular formula is C16H27N3. The molecule has 1 fully saturated rings. The molecule has 0 amide bonds. The lowest BCUT2D eigenvalue weighted by Gasteiger charge is -2.15. The summed E-state index contributed by atoms with van der Waals surface area (Å²) in [5.41, 5.74) is 2.47. The molecular weight excluding hydrogens is 234 g/mol. The van der Waals surface area contributed by atoms with Crippen molar-refractivity contribution in [1.29, 1.82) is 0 Å². The Kier molecular flexibility index (Phi) is 5.34. The Morgan fingerprint density at radius 1 is 1.42 bits per heavy atom. The third-order valence-electron chi connectivity index (χ3n) is 3.93. The fourth-order valence-electron chi connectivity index (χ4n) is 2.59. The van der Waals surface area contributed by atoms with Crippen LogP contribution in [0.25, 0.3) is 0 Å². The van der Waals surface area contributed by atoms with Crippen LogP contribution in [0.2, 0.25) is 0 Å². The Bertz CT molecular complexity index is 372. The summed E-state index contributed by atoms with van der Waals surface area (Å²) in [5.74, 6) is 0.898. The van der Waals surface area contributed by atoms with Crippen molar-refractivity contribution in [3.8, 4) is 0 Å². The molecule has 1 aromatic rings. The van der Waals surface area contributed by atoms with Crippen LogP contribution in [0.15, 0.2) is 18.3 Å². The Morgan fingerprint density at radius 3 is 2.84 bits per heavy atom. The molecule has 1 atom stereocenters. The number of hydrogen-bond acceptors (Lipinski definition) is 3. The van der Waals surface area contributed by atoms with Crippen molar-refractivity contribution >= 4 is 0 Å². The average Bonchev–Trinajstić information content (AvgIpc) is 2.85. The molecule has 3 heteroatoms. The van der Waals surface area contributed by atoms with Gasteiger partial charge in [-0.15, -0.1) is 0 Å². The highest BCUT2D eigenvalue weighted by Crippen LogP contribution is 2.20. The van der Waals surface area contributed by atoms with Gasteiger partial charge in [0.2, 0.25) is 0 Å². The van der Waals surface area contributed by atoms with E-state index in [0.29, 0.717) is 6.04 Å². The summed E-state index contributed by atoms with van der Waals surface area (Å²) in [7, 11) is 0. The molecule has 3 nitrogen and oxygen atoms in total. The van der Waals surface area contributed by atoms with Gasteiger partial charge in [0.15, 0.2) is 0 Å². The second-order valence-corrected chi connectivity index (χ2v) is 5.99. The average molecular weight is 261 g/mol. The zero-order valence-corrected chi connectivity index (χ0v) is 12.5. The molecule has 1 saturated heterocycles.